The van der Waals surface area contributed by atoms with E-state index < -0.39 is 10.0 Å². The molecule has 0 atom stereocenters. The van der Waals surface area contributed by atoms with Gasteiger partial charge in [-0.2, -0.15) is 0 Å². The molecule has 0 unspecified atom stereocenters. The molecule has 0 radical (unpaired) electrons. The number of anilines is 1. The van der Waals surface area contributed by atoms with Gasteiger partial charge in [0.2, 0.25) is 0 Å². The van der Waals surface area contributed by atoms with Crippen molar-refractivity contribution in [3.63, 3.8) is 0 Å². The Morgan fingerprint density at radius 3 is 2.85 bits per heavy atom. The Bertz CT molecular complexity index is 747. The molecule has 0 bridgehead atoms. The zero-order valence-electron chi connectivity index (χ0n) is 10.2. The molecule has 1 aromatic heterocycles. The lowest BCUT2D eigenvalue weighted by Gasteiger charge is -2.08. The highest BCUT2D eigenvalue weighted by Crippen LogP contribution is 2.28. The summed E-state index contributed by atoms with van der Waals surface area (Å²) in [4.78, 5) is 8.05. The topological polar surface area (TPSA) is 81.2 Å². The van der Waals surface area contributed by atoms with Crippen LogP contribution < -0.4 is 9.46 Å². The van der Waals surface area contributed by atoms with E-state index in [2.05, 4.69) is 30.6 Å². The second-order valence-corrected chi connectivity index (χ2v) is 6.69. The fourth-order valence-electron chi connectivity index (χ4n) is 1.89. The van der Waals surface area contributed by atoms with Crippen LogP contribution in [-0.2, 0) is 16.4 Å². The van der Waals surface area contributed by atoms with Crippen molar-refractivity contribution in [3.05, 3.63) is 40.8 Å². The van der Waals surface area contributed by atoms with Gasteiger partial charge in [-0.05, 0) is 39.7 Å². The van der Waals surface area contributed by atoms with E-state index in [9.17, 15) is 8.42 Å². The molecule has 1 N–H and O–H groups in total. The second-order valence-electron chi connectivity index (χ2n) is 4.20. The van der Waals surface area contributed by atoms with Crippen LogP contribution >= 0.6 is 15.9 Å². The number of nitrogens with one attached hydrogen (secondary N) is 1. The molecule has 0 aliphatic carbocycles. The lowest BCUT2D eigenvalue weighted by Crippen LogP contribution is -2.14. The highest BCUT2D eigenvalue weighted by molar-refractivity contribution is 9.10. The van der Waals surface area contributed by atoms with Crippen molar-refractivity contribution in [2.45, 2.75) is 11.3 Å². The number of ether oxygens (including phenoxy) is 1. The van der Waals surface area contributed by atoms with Crippen molar-refractivity contribution in [1.82, 2.24) is 9.97 Å². The fraction of sp³-hybridized carbons (Fsp3) is 0.167. The number of halogens is 1. The van der Waals surface area contributed by atoms with Crippen molar-refractivity contribution < 1.29 is 13.2 Å². The standard InChI is InChI=1S/C12H10BrN3O3S/c13-11-6-15-12(7-14-11)16-20(17,18)9-1-2-10-8(5-9)3-4-19-10/h1-2,5-7H,3-4H2,(H,15,16). The molecule has 20 heavy (non-hydrogen) atoms. The van der Waals surface area contributed by atoms with Crippen LogP contribution in [0, 0.1) is 0 Å². The molecule has 1 aliphatic heterocycles. The molecule has 0 spiro atoms. The Labute approximate surface area is 124 Å². The molecular formula is C12H10BrN3O3S. The first kappa shape index (κ1) is 13.3. The van der Waals surface area contributed by atoms with E-state index in [1.54, 1.807) is 12.1 Å². The minimum absolute atomic E-state index is 0.171. The van der Waals surface area contributed by atoms with Gasteiger partial charge < -0.3 is 4.74 Å². The minimum atomic E-state index is -3.67. The molecule has 0 saturated heterocycles. The summed E-state index contributed by atoms with van der Waals surface area (Å²) in [6.07, 6.45) is 3.49. The maximum absolute atomic E-state index is 12.3. The maximum Gasteiger partial charge on any atom is 0.263 e. The molecule has 3 rings (SSSR count). The van der Waals surface area contributed by atoms with Gasteiger partial charge >= 0.3 is 0 Å². The van der Waals surface area contributed by atoms with E-state index >= 15 is 0 Å². The second kappa shape index (κ2) is 5.02. The number of hydrogen-bond acceptors (Lipinski definition) is 5. The smallest absolute Gasteiger partial charge is 0.263 e. The third-order valence-electron chi connectivity index (χ3n) is 2.83. The summed E-state index contributed by atoms with van der Waals surface area (Å²) in [5.74, 6) is 0.914. The summed E-state index contributed by atoms with van der Waals surface area (Å²) in [6.45, 7) is 0.588. The number of hydrogen-bond donors (Lipinski definition) is 1. The summed E-state index contributed by atoms with van der Waals surface area (Å²) in [7, 11) is -3.67. The van der Waals surface area contributed by atoms with Gasteiger partial charge in [-0.1, -0.05) is 0 Å². The van der Waals surface area contributed by atoms with Crippen LogP contribution in [0.4, 0.5) is 5.82 Å². The minimum Gasteiger partial charge on any atom is -0.493 e. The Balaban J connectivity index is 1.90. The van der Waals surface area contributed by atoms with Crippen LogP contribution in [0.5, 0.6) is 5.75 Å². The quantitative estimate of drug-likeness (QED) is 0.910. The van der Waals surface area contributed by atoms with E-state index in [1.165, 1.54) is 18.5 Å². The van der Waals surface area contributed by atoms with Gasteiger partial charge in [0.15, 0.2) is 5.82 Å². The van der Waals surface area contributed by atoms with Crippen molar-refractivity contribution >= 4 is 31.8 Å². The van der Waals surface area contributed by atoms with Gasteiger partial charge in [0.25, 0.3) is 10.0 Å². The highest BCUT2D eigenvalue weighted by atomic mass is 79.9. The number of aromatic nitrogens is 2. The third kappa shape index (κ3) is 2.61. The Morgan fingerprint density at radius 1 is 1.25 bits per heavy atom. The fourth-order valence-corrected chi connectivity index (χ4v) is 3.14. The molecule has 0 amide bonds. The lowest BCUT2D eigenvalue weighted by molar-refractivity contribution is 0.356. The molecule has 2 heterocycles. The van der Waals surface area contributed by atoms with Crippen molar-refractivity contribution in [2.75, 3.05) is 11.3 Å². The largest absolute Gasteiger partial charge is 0.493 e. The zero-order valence-corrected chi connectivity index (χ0v) is 12.6. The first-order valence-corrected chi connectivity index (χ1v) is 8.08. The molecule has 0 saturated carbocycles. The van der Waals surface area contributed by atoms with Gasteiger partial charge in [0, 0.05) is 6.42 Å². The normalized spacial score (nSPS) is 13.7. The van der Waals surface area contributed by atoms with Gasteiger partial charge in [-0.3, -0.25) is 4.72 Å². The van der Waals surface area contributed by atoms with Crippen molar-refractivity contribution in [2.24, 2.45) is 0 Å². The van der Waals surface area contributed by atoms with Crippen molar-refractivity contribution in [1.29, 1.82) is 0 Å². The lowest BCUT2D eigenvalue weighted by atomic mass is 10.2. The molecule has 1 aromatic carbocycles. The van der Waals surface area contributed by atoms with Crippen LogP contribution in [0.3, 0.4) is 0 Å². The van der Waals surface area contributed by atoms with Crippen molar-refractivity contribution in [3.8, 4) is 5.75 Å². The van der Waals surface area contributed by atoms with Gasteiger partial charge in [-0.15, -0.1) is 0 Å². The first-order valence-electron chi connectivity index (χ1n) is 5.81. The van der Waals surface area contributed by atoms with E-state index in [0.717, 1.165) is 17.7 Å². The van der Waals surface area contributed by atoms with Crippen LogP contribution in [0.2, 0.25) is 0 Å². The number of fused-ring (bicyclic) bond motifs is 1. The first-order chi connectivity index (χ1) is 9.54. The van der Waals surface area contributed by atoms with E-state index in [-0.39, 0.29) is 10.7 Å². The van der Waals surface area contributed by atoms with Crippen LogP contribution in [0.1, 0.15) is 5.56 Å². The number of rotatable bonds is 3. The van der Waals surface area contributed by atoms with Crippen LogP contribution in [0.25, 0.3) is 0 Å². The summed E-state index contributed by atoms with van der Waals surface area (Å²) >= 11 is 3.14. The maximum atomic E-state index is 12.3. The summed E-state index contributed by atoms with van der Waals surface area (Å²) < 4.78 is 32.8. The SMILES string of the molecule is O=S(=O)(Nc1cnc(Br)cn1)c1ccc2c(c1)CCO2. The van der Waals surface area contributed by atoms with Gasteiger partial charge in [-0.25, -0.2) is 18.4 Å². The molecule has 8 heteroatoms. The average molecular weight is 356 g/mol. The number of benzene rings is 1. The zero-order chi connectivity index (χ0) is 14.2. The number of nitrogens with zero attached hydrogens (tertiary/aromatic N) is 2. The molecule has 6 nitrogen and oxygen atoms in total. The Kier molecular flexibility index (Phi) is 3.35. The molecular weight excluding hydrogens is 346 g/mol. The Morgan fingerprint density at radius 2 is 2.10 bits per heavy atom. The van der Waals surface area contributed by atoms with E-state index in [4.69, 9.17) is 4.74 Å². The molecule has 0 fully saturated rings. The van der Waals surface area contributed by atoms with E-state index in [1.807, 2.05) is 0 Å². The van der Waals surface area contributed by atoms with Gasteiger partial charge in [0.1, 0.15) is 10.4 Å². The summed E-state index contributed by atoms with van der Waals surface area (Å²) in [5.41, 5.74) is 0.898. The summed E-state index contributed by atoms with van der Waals surface area (Å²) in [6, 6.07) is 4.81. The average Bonchev–Trinajstić information content (AvgIpc) is 2.88. The van der Waals surface area contributed by atoms with Crippen LogP contribution in [-0.4, -0.2) is 25.0 Å². The van der Waals surface area contributed by atoms with E-state index in [0.29, 0.717) is 11.2 Å². The van der Waals surface area contributed by atoms with Gasteiger partial charge in [0.05, 0.1) is 23.9 Å². The predicted octanol–water partition coefficient (Wildman–Crippen LogP) is 1.97. The summed E-state index contributed by atoms with van der Waals surface area (Å²) in [5, 5.41) is 0. The molecule has 104 valence electrons. The van der Waals surface area contributed by atoms with Crippen LogP contribution in [0.15, 0.2) is 40.1 Å². The predicted molar refractivity (Wildman–Crippen MR) is 76.2 cm³/mol. The monoisotopic (exact) mass is 355 g/mol. The third-order valence-corrected chi connectivity index (χ3v) is 4.59. The number of sulfonamides is 1. The molecule has 1 aliphatic rings. The molecule has 2 aromatic rings. The Hall–Kier alpha value is -1.67. The highest BCUT2D eigenvalue weighted by Gasteiger charge is 2.19.